The Hall–Kier alpha value is -2.10. The molecule has 0 N–H and O–H groups in total. The second-order valence-electron chi connectivity index (χ2n) is 4.55. The van der Waals surface area contributed by atoms with Crippen LogP contribution in [0, 0.1) is 0 Å². The molecule has 2 rings (SSSR count). The van der Waals surface area contributed by atoms with Crippen molar-refractivity contribution in [1.29, 1.82) is 0 Å². The number of nitrogens with zero attached hydrogens (tertiary/aromatic N) is 2. The lowest BCUT2D eigenvalue weighted by molar-refractivity contribution is -0.671. The Balaban J connectivity index is 2.06. The first-order valence-electron chi connectivity index (χ1n) is 6.46. The highest BCUT2D eigenvalue weighted by Crippen LogP contribution is 2.14. The summed E-state index contributed by atoms with van der Waals surface area (Å²) in [4.78, 5) is 12.2. The Kier molecular flexibility index (Phi) is 4.34. The lowest BCUT2D eigenvalue weighted by Crippen LogP contribution is -2.24. The zero-order chi connectivity index (χ0) is 13.7. The average molecular weight is 259 g/mol. The highest BCUT2D eigenvalue weighted by Gasteiger charge is 2.11. The Morgan fingerprint density at radius 1 is 1.42 bits per heavy atom. The molecule has 1 heterocycles. The standard InChI is InChI=1S/C15H19N2O2/c1-3-9-19-14-6-4-5-13(10-14)15(18)11-17-8-7-16(2)12-17/h4-8,10,12H,3,9,11H2,1-2H3/q+1. The van der Waals surface area contributed by atoms with Crippen LogP contribution in [0.4, 0.5) is 0 Å². The summed E-state index contributed by atoms with van der Waals surface area (Å²) in [5.41, 5.74) is 0.685. The van der Waals surface area contributed by atoms with Crippen LogP contribution in [-0.2, 0) is 13.6 Å². The second kappa shape index (κ2) is 6.18. The molecular weight excluding hydrogens is 240 g/mol. The van der Waals surface area contributed by atoms with Gasteiger partial charge in [-0.15, -0.1) is 0 Å². The van der Waals surface area contributed by atoms with E-state index < -0.39 is 0 Å². The van der Waals surface area contributed by atoms with Crippen LogP contribution in [0.25, 0.3) is 0 Å². The molecule has 0 unspecified atom stereocenters. The Morgan fingerprint density at radius 3 is 2.95 bits per heavy atom. The van der Waals surface area contributed by atoms with Gasteiger partial charge in [0.15, 0.2) is 6.54 Å². The van der Waals surface area contributed by atoms with E-state index in [2.05, 4.69) is 6.92 Å². The molecule has 1 aromatic carbocycles. The molecule has 100 valence electrons. The van der Waals surface area contributed by atoms with Gasteiger partial charge in [-0.25, -0.2) is 9.13 Å². The third-order valence-electron chi connectivity index (χ3n) is 2.78. The molecule has 0 radical (unpaired) electrons. The summed E-state index contributed by atoms with van der Waals surface area (Å²) in [7, 11) is 1.93. The summed E-state index contributed by atoms with van der Waals surface area (Å²) in [6, 6.07) is 7.36. The number of imidazole rings is 1. The normalized spacial score (nSPS) is 10.4. The maximum absolute atomic E-state index is 12.2. The minimum Gasteiger partial charge on any atom is -0.494 e. The van der Waals surface area contributed by atoms with E-state index in [0.717, 1.165) is 12.2 Å². The van der Waals surface area contributed by atoms with Crippen LogP contribution in [0.15, 0.2) is 43.0 Å². The van der Waals surface area contributed by atoms with Crippen molar-refractivity contribution in [3.8, 4) is 5.75 Å². The number of aryl methyl sites for hydroxylation is 1. The van der Waals surface area contributed by atoms with Crippen LogP contribution < -0.4 is 9.30 Å². The number of ether oxygens (including phenoxy) is 1. The van der Waals surface area contributed by atoms with Gasteiger partial charge < -0.3 is 4.74 Å². The van der Waals surface area contributed by atoms with E-state index in [-0.39, 0.29) is 5.78 Å². The van der Waals surface area contributed by atoms with Gasteiger partial charge in [-0.2, -0.15) is 0 Å². The monoisotopic (exact) mass is 259 g/mol. The fraction of sp³-hybridized carbons (Fsp3) is 0.333. The van der Waals surface area contributed by atoms with Gasteiger partial charge in [0, 0.05) is 5.56 Å². The zero-order valence-corrected chi connectivity index (χ0v) is 11.4. The number of ketones is 1. The van der Waals surface area contributed by atoms with Gasteiger partial charge in [0.1, 0.15) is 18.1 Å². The van der Waals surface area contributed by atoms with Gasteiger partial charge in [-0.05, 0) is 18.6 Å². The highest BCUT2D eigenvalue weighted by atomic mass is 16.5. The smallest absolute Gasteiger partial charge is 0.243 e. The lowest BCUT2D eigenvalue weighted by Gasteiger charge is -2.05. The molecule has 1 aromatic heterocycles. The van der Waals surface area contributed by atoms with E-state index in [1.807, 2.05) is 59.2 Å². The number of benzene rings is 1. The third kappa shape index (κ3) is 3.68. The van der Waals surface area contributed by atoms with E-state index >= 15 is 0 Å². The number of aromatic nitrogens is 2. The van der Waals surface area contributed by atoms with Crippen molar-refractivity contribution < 1.29 is 14.1 Å². The van der Waals surface area contributed by atoms with Crippen molar-refractivity contribution in [2.24, 2.45) is 7.05 Å². The van der Waals surface area contributed by atoms with Gasteiger partial charge in [0.25, 0.3) is 0 Å². The predicted octanol–water partition coefficient (Wildman–Crippen LogP) is 1.98. The molecule has 4 heteroatoms. The van der Waals surface area contributed by atoms with Crippen molar-refractivity contribution in [3.05, 3.63) is 48.5 Å². The van der Waals surface area contributed by atoms with E-state index in [0.29, 0.717) is 18.7 Å². The number of carbonyl (C=O) groups is 1. The number of hydrogen-bond acceptors (Lipinski definition) is 2. The van der Waals surface area contributed by atoms with Crippen LogP contribution in [0.1, 0.15) is 23.7 Å². The molecule has 0 aliphatic rings. The summed E-state index contributed by atoms with van der Waals surface area (Å²) < 4.78 is 9.31. The molecule has 0 aliphatic heterocycles. The largest absolute Gasteiger partial charge is 0.494 e. The van der Waals surface area contributed by atoms with Gasteiger partial charge in [-0.1, -0.05) is 19.1 Å². The minimum atomic E-state index is 0.0816. The van der Waals surface area contributed by atoms with Crippen LogP contribution in [0.2, 0.25) is 0 Å². The quantitative estimate of drug-likeness (QED) is 0.587. The molecule has 0 aliphatic carbocycles. The van der Waals surface area contributed by atoms with Gasteiger partial charge in [0.05, 0.1) is 13.7 Å². The first kappa shape index (κ1) is 13.3. The number of rotatable bonds is 6. The molecule has 2 aromatic rings. The maximum atomic E-state index is 12.2. The van der Waals surface area contributed by atoms with E-state index in [9.17, 15) is 4.79 Å². The second-order valence-corrected chi connectivity index (χ2v) is 4.55. The van der Waals surface area contributed by atoms with Crippen molar-refractivity contribution in [2.75, 3.05) is 6.61 Å². The molecule has 0 amide bonds. The number of carbonyl (C=O) groups excluding carboxylic acids is 1. The van der Waals surface area contributed by atoms with Crippen molar-refractivity contribution >= 4 is 5.78 Å². The van der Waals surface area contributed by atoms with Crippen LogP contribution in [0.5, 0.6) is 5.75 Å². The van der Waals surface area contributed by atoms with E-state index in [1.54, 1.807) is 0 Å². The van der Waals surface area contributed by atoms with Crippen LogP contribution >= 0.6 is 0 Å². The van der Waals surface area contributed by atoms with Crippen molar-refractivity contribution in [2.45, 2.75) is 19.9 Å². The van der Waals surface area contributed by atoms with Gasteiger partial charge in [-0.3, -0.25) is 4.79 Å². The van der Waals surface area contributed by atoms with E-state index in [4.69, 9.17) is 4.74 Å². The van der Waals surface area contributed by atoms with Gasteiger partial charge in [0.2, 0.25) is 12.1 Å². The summed E-state index contributed by atoms with van der Waals surface area (Å²) in [5, 5.41) is 0. The molecule has 0 saturated carbocycles. The number of Topliss-reactive ketones (excluding diaryl/α,β-unsaturated/α-hetero) is 1. The molecule has 4 nitrogen and oxygen atoms in total. The minimum absolute atomic E-state index is 0.0816. The summed E-state index contributed by atoms with van der Waals surface area (Å²) in [6.45, 7) is 3.07. The fourth-order valence-electron chi connectivity index (χ4n) is 1.83. The third-order valence-corrected chi connectivity index (χ3v) is 2.78. The Labute approximate surface area is 113 Å². The number of hydrogen-bond donors (Lipinski definition) is 0. The molecule has 0 fully saturated rings. The Morgan fingerprint density at radius 2 is 2.26 bits per heavy atom. The molecule has 0 saturated heterocycles. The van der Waals surface area contributed by atoms with E-state index in [1.165, 1.54) is 0 Å². The topological polar surface area (TPSA) is 35.1 Å². The van der Waals surface area contributed by atoms with Gasteiger partial charge >= 0.3 is 0 Å². The van der Waals surface area contributed by atoms with Crippen LogP contribution in [0.3, 0.4) is 0 Å². The average Bonchev–Trinajstić information content (AvgIpc) is 2.82. The molecule has 0 bridgehead atoms. The molecule has 0 atom stereocenters. The van der Waals surface area contributed by atoms with Crippen LogP contribution in [-0.4, -0.2) is 17.0 Å². The maximum Gasteiger partial charge on any atom is 0.243 e. The van der Waals surface area contributed by atoms with Crippen molar-refractivity contribution in [3.63, 3.8) is 0 Å². The molecular formula is C15H19N2O2+. The fourth-order valence-corrected chi connectivity index (χ4v) is 1.83. The first-order chi connectivity index (χ1) is 9.19. The first-order valence-corrected chi connectivity index (χ1v) is 6.46. The zero-order valence-electron chi connectivity index (χ0n) is 11.4. The molecule has 0 spiro atoms. The molecule has 19 heavy (non-hydrogen) atoms. The Bertz CT molecular complexity index is 561. The summed E-state index contributed by atoms with van der Waals surface area (Å²) in [6.07, 6.45) is 6.64. The summed E-state index contributed by atoms with van der Waals surface area (Å²) >= 11 is 0. The van der Waals surface area contributed by atoms with Crippen molar-refractivity contribution in [1.82, 2.24) is 4.57 Å². The lowest BCUT2D eigenvalue weighted by atomic mass is 10.1. The predicted molar refractivity (Wildman–Crippen MR) is 72.2 cm³/mol. The highest BCUT2D eigenvalue weighted by molar-refractivity contribution is 5.96. The SMILES string of the molecule is CCCOc1cccc(C(=O)Cn2cc[n+](C)c2)c1. The summed E-state index contributed by atoms with van der Waals surface area (Å²) in [5.74, 6) is 0.837.